The predicted octanol–water partition coefficient (Wildman–Crippen LogP) is 6.17. The second-order valence-corrected chi connectivity index (χ2v) is 10.5. The van der Waals surface area contributed by atoms with Gasteiger partial charge in [0.1, 0.15) is 30.0 Å². The van der Waals surface area contributed by atoms with Crippen LogP contribution in [0, 0.1) is 5.92 Å². The highest BCUT2D eigenvalue weighted by Gasteiger charge is 2.22. The molecule has 1 aliphatic heterocycles. The summed E-state index contributed by atoms with van der Waals surface area (Å²) in [6.45, 7) is 6.18. The zero-order valence-electron chi connectivity index (χ0n) is 19.9. The van der Waals surface area contributed by atoms with Gasteiger partial charge in [0.25, 0.3) is 0 Å². The second kappa shape index (κ2) is 10.3. The number of hydrogen-bond acceptors (Lipinski definition) is 6. The first-order valence-corrected chi connectivity index (χ1v) is 13.0. The van der Waals surface area contributed by atoms with Crippen molar-refractivity contribution >= 4 is 21.4 Å². The molecule has 0 bridgehead atoms. The van der Waals surface area contributed by atoms with E-state index in [-0.39, 0.29) is 11.5 Å². The molecule has 2 atom stereocenters. The zero-order chi connectivity index (χ0) is 24.4. The molecule has 0 radical (unpaired) electrons. The third kappa shape index (κ3) is 5.30. The summed E-state index contributed by atoms with van der Waals surface area (Å²) < 4.78 is 6.88. The molecule has 1 saturated heterocycles. The number of aliphatic hydroxyl groups is 1. The first-order chi connectivity index (χ1) is 17.0. The van der Waals surface area contributed by atoms with Crippen LogP contribution in [-0.2, 0) is 0 Å². The quantitative estimate of drug-likeness (QED) is 0.289. The van der Waals surface area contributed by atoms with Crippen LogP contribution in [-0.4, -0.2) is 46.5 Å². The molecule has 0 aliphatic carbocycles. The number of nitrogens with zero attached hydrogens (tertiary/aromatic N) is 1. The van der Waals surface area contributed by atoms with Gasteiger partial charge in [0.15, 0.2) is 0 Å². The van der Waals surface area contributed by atoms with E-state index in [1.165, 1.54) is 24.2 Å². The van der Waals surface area contributed by atoms with Gasteiger partial charge in [-0.3, -0.25) is 4.90 Å². The average Bonchev–Trinajstić information content (AvgIpc) is 3.23. The maximum absolute atomic E-state index is 11.5. The summed E-state index contributed by atoms with van der Waals surface area (Å²) in [6, 6.07) is 19.8. The van der Waals surface area contributed by atoms with E-state index >= 15 is 0 Å². The molecule has 0 saturated carbocycles. The molecular weight excluding hydrogens is 458 g/mol. The number of phenolic OH excluding ortho intramolecular Hbond substituents is 2. The molecule has 4 aromatic rings. The lowest BCUT2D eigenvalue weighted by Crippen LogP contribution is -2.37. The van der Waals surface area contributed by atoms with E-state index in [0.717, 1.165) is 63.0 Å². The molecule has 1 aliphatic rings. The van der Waals surface area contributed by atoms with Gasteiger partial charge in [-0.2, -0.15) is 0 Å². The first kappa shape index (κ1) is 23.7. The zero-order valence-corrected chi connectivity index (χ0v) is 20.7. The molecule has 0 amide bonds. The minimum absolute atomic E-state index is 0.192. The van der Waals surface area contributed by atoms with Gasteiger partial charge >= 0.3 is 0 Å². The Labute approximate surface area is 209 Å². The summed E-state index contributed by atoms with van der Waals surface area (Å²) in [7, 11) is 0. The largest absolute Gasteiger partial charge is 0.508 e. The highest BCUT2D eigenvalue weighted by molar-refractivity contribution is 7.22. The molecule has 6 heteroatoms. The lowest BCUT2D eigenvalue weighted by Gasteiger charge is -2.30. The Balaban J connectivity index is 1.36. The molecule has 5 nitrogen and oxygen atoms in total. The van der Waals surface area contributed by atoms with Gasteiger partial charge in [-0.05, 0) is 96.4 Å². The Morgan fingerprint density at radius 2 is 1.74 bits per heavy atom. The van der Waals surface area contributed by atoms with Crippen molar-refractivity contribution in [2.75, 3.05) is 26.2 Å². The number of benzene rings is 3. The van der Waals surface area contributed by atoms with Crippen molar-refractivity contribution in [2.24, 2.45) is 5.92 Å². The smallest absolute Gasteiger partial charge is 0.119 e. The molecule has 1 fully saturated rings. The van der Waals surface area contributed by atoms with Gasteiger partial charge in [-0.15, -0.1) is 11.3 Å². The highest BCUT2D eigenvalue weighted by Crippen LogP contribution is 2.45. The van der Waals surface area contributed by atoms with E-state index in [1.807, 2.05) is 42.5 Å². The number of aliphatic hydroxyl groups excluding tert-OH is 1. The van der Waals surface area contributed by atoms with E-state index in [2.05, 4.69) is 11.8 Å². The van der Waals surface area contributed by atoms with Crippen LogP contribution in [0.1, 0.15) is 37.0 Å². The van der Waals surface area contributed by atoms with Crippen LogP contribution in [0.25, 0.3) is 20.5 Å². The van der Waals surface area contributed by atoms with Crippen LogP contribution < -0.4 is 4.74 Å². The minimum atomic E-state index is -0.846. The number of fused-ring (bicyclic) bond motifs is 1. The number of thiophene rings is 1. The molecule has 2 unspecified atom stereocenters. The molecule has 1 aromatic heterocycles. The van der Waals surface area contributed by atoms with E-state index in [9.17, 15) is 15.3 Å². The summed E-state index contributed by atoms with van der Waals surface area (Å²) in [5, 5.41) is 32.1. The first-order valence-electron chi connectivity index (χ1n) is 12.2. The van der Waals surface area contributed by atoms with Crippen LogP contribution in [0.5, 0.6) is 17.2 Å². The van der Waals surface area contributed by atoms with Gasteiger partial charge in [-0.1, -0.05) is 19.1 Å². The number of rotatable bonds is 7. The lowest BCUT2D eigenvalue weighted by molar-refractivity contribution is 0.153. The Hall–Kier alpha value is -3.06. The van der Waals surface area contributed by atoms with E-state index < -0.39 is 6.10 Å². The Kier molecular flexibility index (Phi) is 6.95. The van der Waals surface area contributed by atoms with Crippen molar-refractivity contribution < 1.29 is 20.1 Å². The number of likely N-dealkylation sites (tertiary alicyclic amines) is 1. The standard InChI is InChI=1S/C29H31NO4S/c1-19-3-2-14-30(18-19)15-16-34-24-11-6-20(7-12-24)28(33)27-25-13-10-23(32)17-26(25)35-29(27)21-4-8-22(31)9-5-21/h4-13,17,19,28,31-33H,2-3,14-16,18H2,1H3. The van der Waals surface area contributed by atoms with Crippen LogP contribution in [0.3, 0.4) is 0 Å². The fourth-order valence-electron chi connectivity index (χ4n) is 4.90. The van der Waals surface area contributed by atoms with Gasteiger partial charge in [0.05, 0.1) is 0 Å². The number of phenols is 2. The van der Waals surface area contributed by atoms with Crippen molar-refractivity contribution in [3.63, 3.8) is 0 Å². The summed E-state index contributed by atoms with van der Waals surface area (Å²) in [6.07, 6.45) is 1.73. The fourth-order valence-corrected chi connectivity index (χ4v) is 6.17. The fraction of sp³-hybridized carbons (Fsp3) is 0.310. The van der Waals surface area contributed by atoms with Gasteiger partial charge in [0.2, 0.25) is 0 Å². The summed E-state index contributed by atoms with van der Waals surface area (Å²) in [5.74, 6) is 1.94. The van der Waals surface area contributed by atoms with Crippen LogP contribution >= 0.6 is 11.3 Å². The van der Waals surface area contributed by atoms with Crippen molar-refractivity contribution in [1.82, 2.24) is 4.90 Å². The highest BCUT2D eigenvalue weighted by atomic mass is 32.1. The minimum Gasteiger partial charge on any atom is -0.508 e. The normalized spacial score (nSPS) is 17.5. The monoisotopic (exact) mass is 489 g/mol. The van der Waals surface area contributed by atoms with Crippen LogP contribution in [0.15, 0.2) is 66.7 Å². The van der Waals surface area contributed by atoms with Crippen LogP contribution in [0.4, 0.5) is 0 Å². The maximum atomic E-state index is 11.5. The number of ether oxygens (including phenoxy) is 1. The predicted molar refractivity (Wildman–Crippen MR) is 141 cm³/mol. The third-order valence-corrected chi connectivity index (χ3v) is 7.95. The Morgan fingerprint density at radius 3 is 2.49 bits per heavy atom. The van der Waals surface area contributed by atoms with Crippen molar-refractivity contribution in [2.45, 2.75) is 25.9 Å². The topological polar surface area (TPSA) is 73.2 Å². The molecule has 5 rings (SSSR count). The van der Waals surface area contributed by atoms with Crippen molar-refractivity contribution in [1.29, 1.82) is 0 Å². The van der Waals surface area contributed by atoms with Gasteiger partial charge < -0.3 is 20.1 Å². The molecule has 182 valence electrons. The third-order valence-electron chi connectivity index (χ3n) is 6.73. The van der Waals surface area contributed by atoms with E-state index in [4.69, 9.17) is 4.74 Å². The molecule has 0 spiro atoms. The number of hydrogen-bond donors (Lipinski definition) is 3. The molecule has 3 N–H and O–H groups in total. The SMILES string of the molecule is CC1CCCN(CCOc2ccc(C(O)c3c(-c4ccc(O)cc4)sc4cc(O)ccc34)cc2)C1. The Morgan fingerprint density at radius 1 is 1.00 bits per heavy atom. The molecule has 2 heterocycles. The van der Waals surface area contributed by atoms with Gasteiger partial charge in [-0.25, -0.2) is 0 Å². The summed E-state index contributed by atoms with van der Waals surface area (Å²) in [5.41, 5.74) is 2.48. The van der Waals surface area contributed by atoms with Crippen molar-refractivity contribution in [3.05, 3.63) is 77.9 Å². The number of piperidine rings is 1. The Bertz CT molecular complexity index is 1280. The second-order valence-electron chi connectivity index (χ2n) is 9.44. The summed E-state index contributed by atoms with van der Waals surface area (Å²) >= 11 is 1.52. The molecule has 3 aromatic carbocycles. The van der Waals surface area contributed by atoms with E-state index in [0.29, 0.717) is 6.61 Å². The van der Waals surface area contributed by atoms with Gasteiger partial charge in [0, 0.05) is 28.2 Å². The summed E-state index contributed by atoms with van der Waals surface area (Å²) in [4.78, 5) is 3.38. The van der Waals surface area contributed by atoms with Crippen molar-refractivity contribution in [3.8, 4) is 27.7 Å². The molecular formula is C29H31NO4S. The average molecular weight is 490 g/mol. The maximum Gasteiger partial charge on any atom is 0.119 e. The number of aromatic hydroxyl groups is 2. The van der Waals surface area contributed by atoms with E-state index in [1.54, 1.807) is 24.3 Å². The van der Waals surface area contributed by atoms with Crippen LogP contribution in [0.2, 0.25) is 0 Å². The molecule has 35 heavy (non-hydrogen) atoms. The lowest BCUT2D eigenvalue weighted by atomic mass is 9.96.